The molecule has 2 heterocycles. The van der Waals surface area contributed by atoms with Crippen LogP contribution in [0.1, 0.15) is 11.1 Å². The summed E-state index contributed by atoms with van der Waals surface area (Å²) in [5.74, 6) is 0.992. The molecular formula is C12H13BrN2S. The molecule has 0 aliphatic heterocycles. The van der Waals surface area contributed by atoms with E-state index >= 15 is 0 Å². The Hall–Kier alpha value is -0.870. The molecule has 0 saturated heterocycles. The van der Waals surface area contributed by atoms with Crippen molar-refractivity contribution in [2.45, 2.75) is 13.5 Å². The Bertz CT molecular complexity index is 468. The van der Waals surface area contributed by atoms with Gasteiger partial charge in [-0.05, 0) is 56.9 Å². The molecule has 0 unspecified atom stereocenters. The van der Waals surface area contributed by atoms with Crippen molar-refractivity contribution in [3.8, 4) is 0 Å². The predicted molar refractivity (Wildman–Crippen MR) is 73.1 cm³/mol. The fourth-order valence-electron chi connectivity index (χ4n) is 1.52. The summed E-state index contributed by atoms with van der Waals surface area (Å²) in [6.45, 7) is 2.96. The second kappa shape index (κ2) is 4.97. The van der Waals surface area contributed by atoms with Crippen LogP contribution in [0.2, 0.25) is 0 Å². The lowest BCUT2D eigenvalue weighted by atomic mass is 10.2. The van der Waals surface area contributed by atoms with Gasteiger partial charge >= 0.3 is 0 Å². The zero-order chi connectivity index (χ0) is 11.5. The number of anilines is 1. The highest BCUT2D eigenvalue weighted by Crippen LogP contribution is 2.27. The number of hydrogen-bond acceptors (Lipinski definition) is 3. The lowest BCUT2D eigenvalue weighted by Crippen LogP contribution is -2.18. The molecule has 0 atom stereocenters. The van der Waals surface area contributed by atoms with Crippen LogP contribution in [-0.4, -0.2) is 12.0 Å². The summed E-state index contributed by atoms with van der Waals surface area (Å²) in [5.41, 5.74) is 2.53. The maximum Gasteiger partial charge on any atom is 0.143 e. The molecule has 0 saturated carbocycles. The zero-order valence-corrected chi connectivity index (χ0v) is 11.7. The van der Waals surface area contributed by atoms with E-state index in [9.17, 15) is 0 Å². The van der Waals surface area contributed by atoms with Gasteiger partial charge in [0.2, 0.25) is 0 Å². The van der Waals surface area contributed by atoms with Crippen LogP contribution in [0, 0.1) is 6.92 Å². The highest BCUT2D eigenvalue weighted by Gasteiger charge is 2.09. The Balaban J connectivity index is 2.21. The number of aryl methyl sites for hydroxylation is 1. The van der Waals surface area contributed by atoms with Gasteiger partial charge in [0.15, 0.2) is 0 Å². The molecule has 0 aliphatic rings. The Kier molecular flexibility index (Phi) is 3.61. The number of aromatic nitrogens is 1. The fourth-order valence-corrected chi connectivity index (χ4v) is 2.72. The molecule has 0 N–H and O–H groups in total. The molecule has 16 heavy (non-hydrogen) atoms. The van der Waals surface area contributed by atoms with E-state index in [0.29, 0.717) is 0 Å². The summed E-state index contributed by atoms with van der Waals surface area (Å²) >= 11 is 5.31. The summed E-state index contributed by atoms with van der Waals surface area (Å²) in [4.78, 5) is 6.55. The molecule has 0 aliphatic carbocycles. The molecule has 0 spiro atoms. The third-order valence-corrected chi connectivity index (χ3v) is 4.14. The zero-order valence-electron chi connectivity index (χ0n) is 9.27. The van der Waals surface area contributed by atoms with E-state index in [2.05, 4.69) is 56.6 Å². The Morgan fingerprint density at radius 1 is 1.44 bits per heavy atom. The van der Waals surface area contributed by atoms with Crippen molar-refractivity contribution < 1.29 is 0 Å². The van der Waals surface area contributed by atoms with Crippen LogP contribution in [0.3, 0.4) is 0 Å². The van der Waals surface area contributed by atoms with Gasteiger partial charge in [-0.3, -0.25) is 0 Å². The van der Waals surface area contributed by atoms with Crippen LogP contribution in [0.5, 0.6) is 0 Å². The van der Waals surface area contributed by atoms with Crippen LogP contribution in [0.15, 0.2) is 33.6 Å². The molecule has 2 aromatic heterocycles. The second-order valence-electron chi connectivity index (χ2n) is 3.75. The largest absolute Gasteiger partial charge is 0.354 e. The van der Waals surface area contributed by atoms with Gasteiger partial charge in [0.05, 0.1) is 4.47 Å². The first-order chi connectivity index (χ1) is 7.68. The van der Waals surface area contributed by atoms with Crippen molar-refractivity contribution in [2.75, 3.05) is 11.9 Å². The molecule has 2 rings (SSSR count). The van der Waals surface area contributed by atoms with Crippen molar-refractivity contribution in [2.24, 2.45) is 0 Å². The van der Waals surface area contributed by atoms with E-state index in [1.54, 1.807) is 11.3 Å². The van der Waals surface area contributed by atoms with Gasteiger partial charge in [-0.1, -0.05) is 0 Å². The van der Waals surface area contributed by atoms with Crippen molar-refractivity contribution in [3.63, 3.8) is 0 Å². The monoisotopic (exact) mass is 296 g/mol. The highest BCUT2D eigenvalue weighted by atomic mass is 79.9. The van der Waals surface area contributed by atoms with Gasteiger partial charge in [-0.2, -0.15) is 11.3 Å². The lowest BCUT2D eigenvalue weighted by molar-refractivity contribution is 0.895. The normalized spacial score (nSPS) is 10.4. The Labute approximate surface area is 108 Å². The lowest BCUT2D eigenvalue weighted by Gasteiger charge is -2.19. The molecule has 0 aromatic carbocycles. The van der Waals surface area contributed by atoms with E-state index in [-0.39, 0.29) is 0 Å². The van der Waals surface area contributed by atoms with E-state index < -0.39 is 0 Å². The molecule has 2 aromatic rings. The SMILES string of the molecule is Cc1ccnc(N(C)Cc2ccsc2)c1Br. The summed E-state index contributed by atoms with van der Waals surface area (Å²) in [6, 6.07) is 4.15. The van der Waals surface area contributed by atoms with Crippen LogP contribution in [0.4, 0.5) is 5.82 Å². The Morgan fingerprint density at radius 3 is 2.94 bits per heavy atom. The second-order valence-corrected chi connectivity index (χ2v) is 5.33. The Morgan fingerprint density at radius 2 is 2.25 bits per heavy atom. The third kappa shape index (κ3) is 2.44. The standard InChI is InChI=1S/C12H13BrN2S/c1-9-3-5-14-12(11(9)13)15(2)7-10-4-6-16-8-10/h3-6,8H,7H2,1-2H3. The van der Waals surface area contributed by atoms with Crippen LogP contribution < -0.4 is 4.90 Å². The van der Waals surface area contributed by atoms with E-state index in [1.807, 2.05) is 12.3 Å². The fraction of sp³-hybridized carbons (Fsp3) is 0.250. The average molecular weight is 297 g/mol. The summed E-state index contributed by atoms with van der Waals surface area (Å²) in [7, 11) is 2.06. The summed E-state index contributed by atoms with van der Waals surface area (Å²) in [5, 5.41) is 4.27. The van der Waals surface area contributed by atoms with Crippen molar-refractivity contribution >= 4 is 33.1 Å². The minimum Gasteiger partial charge on any atom is -0.354 e. The molecule has 0 bridgehead atoms. The smallest absolute Gasteiger partial charge is 0.143 e. The topological polar surface area (TPSA) is 16.1 Å². The number of thiophene rings is 1. The van der Waals surface area contributed by atoms with Crippen molar-refractivity contribution in [3.05, 3.63) is 44.7 Å². The molecule has 0 fully saturated rings. The number of rotatable bonds is 3. The first-order valence-corrected chi connectivity index (χ1v) is 6.75. The molecule has 2 nitrogen and oxygen atoms in total. The van der Waals surface area contributed by atoms with Crippen LogP contribution in [-0.2, 0) is 6.54 Å². The van der Waals surface area contributed by atoms with Gasteiger partial charge in [-0.25, -0.2) is 4.98 Å². The maximum atomic E-state index is 4.40. The summed E-state index contributed by atoms with van der Waals surface area (Å²) < 4.78 is 1.08. The van der Waals surface area contributed by atoms with Gasteiger partial charge in [-0.15, -0.1) is 0 Å². The minimum atomic E-state index is 0.887. The molecule has 84 valence electrons. The highest BCUT2D eigenvalue weighted by molar-refractivity contribution is 9.10. The minimum absolute atomic E-state index is 0.887. The van der Waals surface area contributed by atoms with Crippen molar-refractivity contribution in [1.29, 1.82) is 0 Å². The van der Waals surface area contributed by atoms with Crippen LogP contribution >= 0.6 is 27.3 Å². The first-order valence-electron chi connectivity index (χ1n) is 5.02. The van der Waals surface area contributed by atoms with E-state index in [4.69, 9.17) is 0 Å². The first kappa shape index (κ1) is 11.6. The number of pyridine rings is 1. The van der Waals surface area contributed by atoms with Gasteiger partial charge < -0.3 is 4.90 Å². The molecule has 0 radical (unpaired) electrons. The van der Waals surface area contributed by atoms with E-state index in [0.717, 1.165) is 16.8 Å². The van der Waals surface area contributed by atoms with E-state index in [1.165, 1.54) is 11.1 Å². The van der Waals surface area contributed by atoms with Gasteiger partial charge in [0.25, 0.3) is 0 Å². The quantitative estimate of drug-likeness (QED) is 0.855. The summed E-state index contributed by atoms with van der Waals surface area (Å²) in [6.07, 6.45) is 1.85. The average Bonchev–Trinajstić information content (AvgIpc) is 2.74. The molecular weight excluding hydrogens is 284 g/mol. The number of hydrogen-bond donors (Lipinski definition) is 0. The predicted octanol–water partition coefficient (Wildman–Crippen LogP) is 3.85. The van der Waals surface area contributed by atoms with Gasteiger partial charge in [0, 0.05) is 19.8 Å². The maximum absolute atomic E-state index is 4.40. The number of halogens is 1. The number of nitrogens with zero attached hydrogens (tertiary/aromatic N) is 2. The third-order valence-electron chi connectivity index (χ3n) is 2.43. The van der Waals surface area contributed by atoms with Crippen molar-refractivity contribution in [1.82, 2.24) is 4.98 Å². The molecule has 0 amide bonds. The van der Waals surface area contributed by atoms with Gasteiger partial charge in [0.1, 0.15) is 5.82 Å². The molecule has 4 heteroatoms. The van der Waals surface area contributed by atoms with Crippen LogP contribution in [0.25, 0.3) is 0 Å².